The molecular weight excluding hydrogens is 402 g/mol. The number of rotatable bonds is 6. The molecule has 0 saturated carbocycles. The Morgan fingerprint density at radius 3 is 2.60 bits per heavy atom. The second-order valence-electron chi connectivity index (χ2n) is 8.06. The van der Waals surface area contributed by atoms with Crippen molar-refractivity contribution in [1.29, 1.82) is 0 Å². The van der Waals surface area contributed by atoms with E-state index in [1.54, 1.807) is 6.20 Å². The molecule has 0 radical (unpaired) electrons. The van der Waals surface area contributed by atoms with Crippen LogP contribution < -0.4 is 4.90 Å². The zero-order valence-corrected chi connectivity index (χ0v) is 17.6. The number of aromatic nitrogens is 1. The summed E-state index contributed by atoms with van der Waals surface area (Å²) in [6.45, 7) is 3.10. The Morgan fingerprint density at radius 1 is 1.13 bits per heavy atom. The number of halogens is 1. The Balaban J connectivity index is 1.21. The first-order valence-corrected chi connectivity index (χ1v) is 10.8. The molecule has 4 rings (SSSR count). The van der Waals surface area contributed by atoms with Gasteiger partial charge in [0.25, 0.3) is 0 Å². The number of benzene rings is 1. The monoisotopic (exact) mass is 427 g/mol. The van der Waals surface area contributed by atoms with Gasteiger partial charge in [0.2, 0.25) is 5.91 Å². The summed E-state index contributed by atoms with van der Waals surface area (Å²) in [6, 6.07) is 13.7. The molecule has 1 aromatic carbocycles. The fraction of sp³-hybridized carbons (Fsp3) is 0.435. The van der Waals surface area contributed by atoms with Gasteiger partial charge in [0.15, 0.2) is 0 Å². The molecule has 2 aliphatic heterocycles. The average Bonchev–Trinajstić information content (AvgIpc) is 3.12. The molecule has 7 heteroatoms. The lowest BCUT2D eigenvalue weighted by molar-refractivity contribution is -0.150. The fourth-order valence-corrected chi connectivity index (χ4v) is 4.25. The largest absolute Gasteiger partial charge is 0.465 e. The summed E-state index contributed by atoms with van der Waals surface area (Å²) in [5, 5.41) is 0.616. The van der Waals surface area contributed by atoms with Crippen molar-refractivity contribution in [2.75, 3.05) is 31.1 Å². The SMILES string of the molecule is O=C(OC[C@H]1CC(=O)N(Cc2ccccc2)C1)C1CCN(c2ccc(Cl)cn2)CC1. The fourth-order valence-electron chi connectivity index (χ4n) is 4.14. The number of amides is 1. The highest BCUT2D eigenvalue weighted by atomic mass is 35.5. The van der Waals surface area contributed by atoms with Crippen LogP contribution in [0.4, 0.5) is 5.82 Å². The minimum atomic E-state index is -0.146. The smallest absolute Gasteiger partial charge is 0.309 e. The van der Waals surface area contributed by atoms with Gasteiger partial charge in [-0.25, -0.2) is 4.98 Å². The van der Waals surface area contributed by atoms with E-state index < -0.39 is 0 Å². The summed E-state index contributed by atoms with van der Waals surface area (Å²) in [5.41, 5.74) is 1.12. The van der Waals surface area contributed by atoms with Gasteiger partial charge < -0.3 is 14.5 Å². The molecule has 1 atom stereocenters. The lowest BCUT2D eigenvalue weighted by atomic mass is 9.97. The van der Waals surface area contributed by atoms with Gasteiger partial charge in [-0.2, -0.15) is 0 Å². The maximum Gasteiger partial charge on any atom is 0.309 e. The maximum atomic E-state index is 12.5. The number of piperidine rings is 1. The molecule has 3 heterocycles. The quantitative estimate of drug-likeness (QED) is 0.660. The third-order valence-corrected chi connectivity index (χ3v) is 6.06. The molecule has 1 amide bonds. The van der Waals surface area contributed by atoms with Gasteiger partial charge in [-0.1, -0.05) is 41.9 Å². The molecule has 0 spiro atoms. The van der Waals surface area contributed by atoms with E-state index in [0.717, 1.165) is 37.3 Å². The predicted molar refractivity (Wildman–Crippen MR) is 115 cm³/mol. The Labute approximate surface area is 181 Å². The molecule has 2 aliphatic rings. The molecule has 0 bridgehead atoms. The van der Waals surface area contributed by atoms with E-state index in [1.807, 2.05) is 47.4 Å². The molecule has 2 saturated heterocycles. The van der Waals surface area contributed by atoms with Crippen LogP contribution in [0.1, 0.15) is 24.8 Å². The number of hydrogen-bond donors (Lipinski definition) is 0. The van der Waals surface area contributed by atoms with Gasteiger partial charge in [-0.3, -0.25) is 9.59 Å². The normalized spacial score (nSPS) is 19.9. The Morgan fingerprint density at radius 2 is 1.90 bits per heavy atom. The summed E-state index contributed by atoms with van der Waals surface area (Å²) in [7, 11) is 0. The molecule has 0 aliphatic carbocycles. The molecular formula is C23H26ClN3O3. The molecule has 6 nitrogen and oxygen atoms in total. The molecule has 1 aromatic heterocycles. The van der Waals surface area contributed by atoms with Crippen molar-refractivity contribution in [3.8, 4) is 0 Å². The van der Waals surface area contributed by atoms with E-state index in [2.05, 4.69) is 9.88 Å². The average molecular weight is 428 g/mol. The number of likely N-dealkylation sites (tertiary alicyclic amines) is 1. The van der Waals surface area contributed by atoms with Crippen molar-refractivity contribution < 1.29 is 14.3 Å². The van der Waals surface area contributed by atoms with Crippen molar-refractivity contribution in [2.45, 2.75) is 25.8 Å². The van der Waals surface area contributed by atoms with Crippen molar-refractivity contribution in [2.24, 2.45) is 11.8 Å². The second kappa shape index (κ2) is 9.47. The Bertz CT molecular complexity index is 867. The van der Waals surface area contributed by atoms with Crippen LogP contribution in [0.25, 0.3) is 0 Å². The van der Waals surface area contributed by atoms with Crippen LogP contribution in [0, 0.1) is 11.8 Å². The first-order valence-electron chi connectivity index (χ1n) is 10.4. The van der Waals surface area contributed by atoms with Crippen molar-refractivity contribution in [3.05, 3.63) is 59.2 Å². The number of anilines is 1. The lowest BCUT2D eigenvalue weighted by Gasteiger charge is -2.31. The molecule has 2 fully saturated rings. The van der Waals surface area contributed by atoms with Gasteiger partial charge in [0, 0.05) is 44.7 Å². The number of carbonyl (C=O) groups is 2. The van der Waals surface area contributed by atoms with Gasteiger partial charge in [0.05, 0.1) is 17.5 Å². The zero-order chi connectivity index (χ0) is 20.9. The van der Waals surface area contributed by atoms with E-state index in [9.17, 15) is 9.59 Å². The van der Waals surface area contributed by atoms with Crippen molar-refractivity contribution in [1.82, 2.24) is 9.88 Å². The summed E-state index contributed by atoms with van der Waals surface area (Å²) in [4.78, 5) is 33.2. The zero-order valence-electron chi connectivity index (χ0n) is 16.9. The van der Waals surface area contributed by atoms with Gasteiger partial charge in [-0.05, 0) is 30.5 Å². The van der Waals surface area contributed by atoms with E-state index >= 15 is 0 Å². The maximum absolute atomic E-state index is 12.5. The van der Waals surface area contributed by atoms with Gasteiger partial charge >= 0.3 is 5.97 Å². The Hall–Kier alpha value is -2.60. The van der Waals surface area contributed by atoms with Crippen molar-refractivity contribution >= 4 is 29.3 Å². The van der Waals surface area contributed by atoms with E-state index in [0.29, 0.717) is 31.1 Å². The van der Waals surface area contributed by atoms with Crippen LogP contribution in [-0.2, 0) is 20.9 Å². The van der Waals surface area contributed by atoms with Crippen LogP contribution in [0.2, 0.25) is 5.02 Å². The molecule has 2 aromatic rings. The predicted octanol–water partition coefficient (Wildman–Crippen LogP) is 3.54. The highest BCUT2D eigenvalue weighted by Crippen LogP contribution is 2.25. The van der Waals surface area contributed by atoms with Gasteiger partial charge in [0.1, 0.15) is 5.82 Å². The lowest BCUT2D eigenvalue weighted by Crippen LogP contribution is -2.37. The minimum absolute atomic E-state index is 0.0727. The number of pyridine rings is 1. The van der Waals surface area contributed by atoms with E-state index in [4.69, 9.17) is 16.3 Å². The number of hydrogen-bond acceptors (Lipinski definition) is 5. The first-order chi connectivity index (χ1) is 14.6. The first kappa shape index (κ1) is 20.7. The minimum Gasteiger partial charge on any atom is -0.465 e. The third kappa shape index (κ3) is 5.11. The molecule has 0 N–H and O–H groups in total. The summed E-state index contributed by atoms with van der Waals surface area (Å²) >= 11 is 5.90. The highest BCUT2D eigenvalue weighted by Gasteiger charge is 2.32. The van der Waals surface area contributed by atoms with Crippen LogP contribution in [-0.4, -0.2) is 48.0 Å². The molecule has 0 unspecified atom stereocenters. The third-order valence-electron chi connectivity index (χ3n) is 5.84. The number of nitrogens with zero attached hydrogens (tertiary/aromatic N) is 3. The second-order valence-corrected chi connectivity index (χ2v) is 8.49. The number of carbonyl (C=O) groups excluding carboxylic acids is 2. The topological polar surface area (TPSA) is 62.7 Å². The number of ether oxygens (including phenoxy) is 1. The van der Waals surface area contributed by atoms with Gasteiger partial charge in [-0.15, -0.1) is 0 Å². The van der Waals surface area contributed by atoms with Crippen molar-refractivity contribution in [3.63, 3.8) is 0 Å². The van der Waals surface area contributed by atoms with Crippen LogP contribution in [0.3, 0.4) is 0 Å². The standard InChI is InChI=1S/C23H26ClN3O3/c24-20-6-7-21(25-13-20)26-10-8-19(9-11-26)23(29)30-16-18-12-22(28)27(15-18)14-17-4-2-1-3-5-17/h1-7,13,18-19H,8-12,14-16H2/t18-/m0/s1. The van der Waals surface area contributed by atoms with Crippen LogP contribution in [0.5, 0.6) is 0 Å². The summed E-state index contributed by atoms with van der Waals surface area (Å²) < 4.78 is 5.60. The highest BCUT2D eigenvalue weighted by molar-refractivity contribution is 6.30. The molecule has 30 heavy (non-hydrogen) atoms. The summed E-state index contributed by atoms with van der Waals surface area (Å²) in [5.74, 6) is 0.847. The summed E-state index contributed by atoms with van der Waals surface area (Å²) in [6.07, 6.45) is 3.57. The van der Waals surface area contributed by atoms with Crippen LogP contribution in [0.15, 0.2) is 48.7 Å². The van der Waals surface area contributed by atoms with Crippen LogP contribution >= 0.6 is 11.6 Å². The van der Waals surface area contributed by atoms with E-state index in [1.165, 1.54) is 0 Å². The van der Waals surface area contributed by atoms with E-state index in [-0.39, 0.29) is 23.7 Å². The number of esters is 1. The Kier molecular flexibility index (Phi) is 6.53. The molecule has 158 valence electrons.